The van der Waals surface area contributed by atoms with Gasteiger partial charge in [0.25, 0.3) is 0 Å². The molecule has 2 amide bonds. The molecule has 1 aromatic carbocycles. The molecule has 0 unspecified atom stereocenters. The maximum absolute atomic E-state index is 13.9. The number of thiophene rings is 1. The molecule has 4 aromatic rings. The number of aromatic nitrogens is 1. The van der Waals surface area contributed by atoms with Gasteiger partial charge in [-0.25, -0.2) is 9.37 Å². The lowest BCUT2D eigenvalue weighted by Crippen LogP contribution is -2.17. The molecular weight excluding hydrogens is 461 g/mol. The van der Waals surface area contributed by atoms with Gasteiger partial charge in [-0.05, 0) is 43.3 Å². The fourth-order valence-corrected chi connectivity index (χ4v) is 5.13. The highest BCUT2D eigenvalue weighted by Crippen LogP contribution is 2.35. The van der Waals surface area contributed by atoms with Crippen LogP contribution in [0.3, 0.4) is 0 Å². The van der Waals surface area contributed by atoms with Crippen molar-refractivity contribution in [3.63, 3.8) is 0 Å². The standard InChI is InChI=1S/C24H22FN3O3S2/c1-14-23(21-11-9-17(33-21)13-26-15(2)29)28-24(32-14)27-22(30)12-8-16-7-10-20(31-16)18-5-3-4-6-19(18)25/h3-7,9-11H,8,12-13H2,1-2H3,(H,26,29)(H,27,28,30). The number of hydrogen-bond acceptors (Lipinski definition) is 6. The Balaban J connectivity index is 1.34. The van der Waals surface area contributed by atoms with Gasteiger partial charge in [0.2, 0.25) is 11.8 Å². The number of amides is 2. The number of carbonyl (C=O) groups is 2. The first-order valence-corrected chi connectivity index (χ1v) is 12.0. The molecule has 33 heavy (non-hydrogen) atoms. The molecule has 0 aliphatic carbocycles. The van der Waals surface area contributed by atoms with Crippen LogP contribution in [0.25, 0.3) is 21.9 Å². The van der Waals surface area contributed by atoms with E-state index in [9.17, 15) is 14.0 Å². The maximum atomic E-state index is 13.9. The second-order valence-corrected chi connectivity index (χ2v) is 9.77. The molecule has 0 aliphatic heterocycles. The Hall–Kier alpha value is -3.30. The van der Waals surface area contributed by atoms with Crippen molar-refractivity contribution in [2.45, 2.75) is 33.2 Å². The van der Waals surface area contributed by atoms with Crippen molar-refractivity contribution in [2.75, 3.05) is 5.32 Å². The maximum Gasteiger partial charge on any atom is 0.226 e. The van der Waals surface area contributed by atoms with Gasteiger partial charge >= 0.3 is 0 Å². The van der Waals surface area contributed by atoms with Crippen molar-refractivity contribution in [3.05, 3.63) is 69.9 Å². The van der Waals surface area contributed by atoms with Gasteiger partial charge < -0.3 is 15.1 Å². The van der Waals surface area contributed by atoms with Crippen LogP contribution in [0.15, 0.2) is 52.9 Å². The molecule has 9 heteroatoms. The number of hydrogen-bond donors (Lipinski definition) is 2. The minimum atomic E-state index is -0.348. The first kappa shape index (κ1) is 22.9. The molecule has 3 heterocycles. The summed E-state index contributed by atoms with van der Waals surface area (Å²) < 4.78 is 19.6. The van der Waals surface area contributed by atoms with Crippen LogP contribution in [0.1, 0.15) is 28.9 Å². The Kier molecular flexibility index (Phi) is 7.00. The average molecular weight is 484 g/mol. The number of anilines is 1. The Morgan fingerprint density at radius 2 is 1.91 bits per heavy atom. The number of halogens is 1. The lowest BCUT2D eigenvalue weighted by Gasteiger charge is -2.01. The van der Waals surface area contributed by atoms with Crippen molar-refractivity contribution >= 4 is 39.6 Å². The Morgan fingerprint density at radius 1 is 1.09 bits per heavy atom. The molecule has 3 aromatic heterocycles. The molecule has 0 spiro atoms. The van der Waals surface area contributed by atoms with Crippen molar-refractivity contribution in [3.8, 4) is 21.9 Å². The summed E-state index contributed by atoms with van der Waals surface area (Å²) in [6.07, 6.45) is 0.618. The second kappa shape index (κ2) is 10.1. The number of thiazole rings is 1. The quantitative estimate of drug-likeness (QED) is 0.332. The zero-order valence-electron chi connectivity index (χ0n) is 18.1. The van der Waals surface area contributed by atoms with E-state index >= 15 is 0 Å². The fraction of sp³-hybridized carbons (Fsp3) is 0.208. The monoisotopic (exact) mass is 483 g/mol. The average Bonchev–Trinajstić information content (AvgIpc) is 3.51. The van der Waals surface area contributed by atoms with Gasteiger partial charge in [-0.2, -0.15) is 0 Å². The normalized spacial score (nSPS) is 10.9. The van der Waals surface area contributed by atoms with E-state index in [-0.39, 0.29) is 24.1 Å². The summed E-state index contributed by atoms with van der Waals surface area (Å²) >= 11 is 2.98. The van der Waals surface area contributed by atoms with Gasteiger partial charge in [0, 0.05) is 29.5 Å². The number of aryl methyl sites for hydroxylation is 2. The van der Waals surface area contributed by atoms with E-state index < -0.39 is 0 Å². The molecule has 6 nitrogen and oxygen atoms in total. The summed E-state index contributed by atoms with van der Waals surface area (Å²) in [6, 6.07) is 13.8. The van der Waals surface area contributed by atoms with E-state index in [2.05, 4.69) is 15.6 Å². The zero-order valence-corrected chi connectivity index (χ0v) is 19.7. The third-order valence-electron chi connectivity index (χ3n) is 4.85. The minimum absolute atomic E-state index is 0.0715. The SMILES string of the molecule is CC(=O)NCc1ccc(-c2nc(NC(=O)CCc3ccc(-c4ccccc4F)o3)sc2C)s1. The van der Waals surface area contributed by atoms with Crippen LogP contribution >= 0.6 is 22.7 Å². The molecule has 0 saturated heterocycles. The van der Waals surface area contributed by atoms with Gasteiger partial charge in [0.15, 0.2) is 5.13 Å². The van der Waals surface area contributed by atoms with Gasteiger partial charge in [0.05, 0.1) is 22.7 Å². The lowest BCUT2D eigenvalue weighted by molar-refractivity contribution is -0.119. The van der Waals surface area contributed by atoms with Crippen molar-refractivity contribution in [1.82, 2.24) is 10.3 Å². The lowest BCUT2D eigenvalue weighted by atomic mass is 10.1. The first-order chi connectivity index (χ1) is 15.9. The number of benzene rings is 1. The van der Waals surface area contributed by atoms with E-state index in [0.29, 0.717) is 35.2 Å². The zero-order chi connectivity index (χ0) is 23.4. The summed E-state index contributed by atoms with van der Waals surface area (Å²) in [7, 11) is 0. The number of nitrogens with zero attached hydrogens (tertiary/aromatic N) is 1. The molecule has 0 atom stereocenters. The molecular formula is C24H22FN3O3S2. The van der Waals surface area contributed by atoms with E-state index in [1.54, 1.807) is 41.7 Å². The first-order valence-electron chi connectivity index (χ1n) is 10.3. The highest BCUT2D eigenvalue weighted by Gasteiger charge is 2.15. The molecule has 0 aliphatic rings. The number of rotatable bonds is 8. The second-order valence-electron chi connectivity index (χ2n) is 7.39. The fourth-order valence-electron chi connectivity index (χ4n) is 3.23. The molecule has 0 saturated carbocycles. The smallest absolute Gasteiger partial charge is 0.226 e. The third kappa shape index (κ3) is 5.74. The van der Waals surface area contributed by atoms with Crippen LogP contribution in [0.5, 0.6) is 0 Å². The predicted octanol–water partition coefficient (Wildman–Crippen LogP) is 5.79. The van der Waals surface area contributed by atoms with Crippen LogP contribution in [0.2, 0.25) is 0 Å². The topological polar surface area (TPSA) is 84.2 Å². The highest BCUT2D eigenvalue weighted by molar-refractivity contribution is 7.18. The van der Waals surface area contributed by atoms with Crippen LogP contribution in [-0.4, -0.2) is 16.8 Å². The van der Waals surface area contributed by atoms with Crippen molar-refractivity contribution in [1.29, 1.82) is 0 Å². The van der Waals surface area contributed by atoms with E-state index in [0.717, 1.165) is 20.3 Å². The molecule has 0 fully saturated rings. The van der Waals surface area contributed by atoms with Gasteiger partial charge in [-0.1, -0.05) is 12.1 Å². The van der Waals surface area contributed by atoms with Crippen LogP contribution in [0.4, 0.5) is 9.52 Å². The van der Waals surface area contributed by atoms with Crippen LogP contribution < -0.4 is 10.6 Å². The van der Waals surface area contributed by atoms with E-state index in [1.807, 2.05) is 19.1 Å². The van der Waals surface area contributed by atoms with E-state index in [1.165, 1.54) is 24.3 Å². The molecule has 4 rings (SSSR count). The Bertz CT molecular complexity index is 1290. The third-order valence-corrected chi connectivity index (χ3v) is 6.83. The Morgan fingerprint density at radius 3 is 2.70 bits per heavy atom. The molecule has 2 N–H and O–H groups in total. The molecule has 170 valence electrons. The predicted molar refractivity (Wildman–Crippen MR) is 129 cm³/mol. The van der Waals surface area contributed by atoms with E-state index in [4.69, 9.17) is 4.42 Å². The summed E-state index contributed by atoms with van der Waals surface area (Å²) in [6.45, 7) is 3.93. The van der Waals surface area contributed by atoms with Crippen molar-refractivity contribution in [2.24, 2.45) is 0 Å². The minimum Gasteiger partial charge on any atom is -0.461 e. The summed E-state index contributed by atoms with van der Waals surface area (Å²) in [5.41, 5.74) is 1.22. The van der Waals surface area contributed by atoms with Gasteiger partial charge in [-0.3, -0.25) is 9.59 Å². The van der Waals surface area contributed by atoms with Gasteiger partial charge in [-0.15, -0.1) is 22.7 Å². The molecule has 0 bridgehead atoms. The van der Waals surface area contributed by atoms with Crippen molar-refractivity contribution < 1.29 is 18.4 Å². The van der Waals surface area contributed by atoms with Gasteiger partial charge in [0.1, 0.15) is 17.3 Å². The number of carbonyl (C=O) groups excluding carboxylic acids is 2. The summed E-state index contributed by atoms with van der Waals surface area (Å²) in [4.78, 5) is 31.1. The number of furan rings is 1. The summed E-state index contributed by atoms with van der Waals surface area (Å²) in [5.74, 6) is 0.468. The number of nitrogens with one attached hydrogen (secondary N) is 2. The summed E-state index contributed by atoms with van der Waals surface area (Å²) in [5, 5.41) is 6.17. The van der Waals surface area contributed by atoms with Crippen LogP contribution in [-0.2, 0) is 22.6 Å². The highest BCUT2D eigenvalue weighted by atomic mass is 32.1. The van der Waals surface area contributed by atoms with Crippen LogP contribution in [0, 0.1) is 12.7 Å². The Labute approximate surface area is 198 Å². The largest absolute Gasteiger partial charge is 0.461 e. The molecule has 0 radical (unpaired) electrons.